The molecule has 1 N–H and O–H groups in total. The van der Waals surface area contributed by atoms with Crippen molar-refractivity contribution in [2.24, 2.45) is 0 Å². The second-order valence-corrected chi connectivity index (χ2v) is 7.12. The highest BCUT2D eigenvalue weighted by Crippen LogP contribution is 2.22. The molecule has 1 aliphatic rings. The molecule has 1 atom stereocenters. The van der Waals surface area contributed by atoms with Gasteiger partial charge in [0.1, 0.15) is 5.82 Å². The SMILES string of the molecule is Cc1ccccc1CN1CCN(Cc2c(F)ccc(F)c2F)C[C@@H]1CCO. The van der Waals surface area contributed by atoms with Crippen LogP contribution in [0.25, 0.3) is 0 Å². The minimum atomic E-state index is -1.11. The van der Waals surface area contributed by atoms with E-state index in [-0.39, 0.29) is 24.8 Å². The van der Waals surface area contributed by atoms with Crippen molar-refractivity contribution >= 4 is 0 Å². The van der Waals surface area contributed by atoms with Gasteiger partial charge in [0, 0.05) is 50.9 Å². The summed E-state index contributed by atoms with van der Waals surface area (Å²) in [6.07, 6.45) is 0.580. The molecule has 0 aromatic heterocycles. The lowest BCUT2D eigenvalue weighted by molar-refractivity contribution is 0.0487. The molecule has 0 unspecified atom stereocenters. The minimum Gasteiger partial charge on any atom is -0.396 e. The highest BCUT2D eigenvalue weighted by Gasteiger charge is 2.28. The Balaban J connectivity index is 1.71. The molecule has 0 aliphatic carbocycles. The first-order chi connectivity index (χ1) is 13.0. The van der Waals surface area contributed by atoms with Gasteiger partial charge in [-0.3, -0.25) is 9.80 Å². The van der Waals surface area contributed by atoms with Crippen LogP contribution in [0.5, 0.6) is 0 Å². The van der Waals surface area contributed by atoms with E-state index in [1.165, 1.54) is 11.1 Å². The van der Waals surface area contributed by atoms with Crippen LogP contribution in [0.15, 0.2) is 36.4 Å². The van der Waals surface area contributed by atoms with Crippen LogP contribution >= 0.6 is 0 Å². The number of hydrogen-bond acceptors (Lipinski definition) is 3. The summed E-state index contributed by atoms with van der Waals surface area (Å²) in [5, 5.41) is 9.44. The lowest BCUT2D eigenvalue weighted by Gasteiger charge is -2.41. The predicted octanol–water partition coefficient (Wildman–Crippen LogP) is 3.48. The molecule has 146 valence electrons. The van der Waals surface area contributed by atoms with Crippen molar-refractivity contribution in [3.8, 4) is 0 Å². The molecule has 6 heteroatoms. The molecule has 3 nitrogen and oxygen atoms in total. The van der Waals surface area contributed by atoms with Crippen LogP contribution in [0.1, 0.15) is 23.1 Å². The number of halogens is 3. The third kappa shape index (κ3) is 4.69. The highest BCUT2D eigenvalue weighted by molar-refractivity contribution is 5.25. The maximum atomic E-state index is 14.0. The number of nitrogens with zero attached hydrogens (tertiary/aromatic N) is 2. The Labute approximate surface area is 158 Å². The normalized spacial score (nSPS) is 18.8. The van der Waals surface area contributed by atoms with Gasteiger partial charge in [-0.15, -0.1) is 0 Å². The largest absolute Gasteiger partial charge is 0.396 e. The Hall–Kier alpha value is -1.89. The summed E-state index contributed by atoms with van der Waals surface area (Å²) in [7, 11) is 0. The van der Waals surface area contributed by atoms with Crippen LogP contribution < -0.4 is 0 Å². The molecule has 1 heterocycles. The molecule has 0 radical (unpaired) electrons. The Morgan fingerprint density at radius 2 is 1.74 bits per heavy atom. The monoisotopic (exact) mass is 378 g/mol. The van der Waals surface area contributed by atoms with Gasteiger partial charge in [0.2, 0.25) is 0 Å². The first kappa shape index (κ1) is 19.9. The van der Waals surface area contributed by atoms with Crippen molar-refractivity contribution in [1.29, 1.82) is 0 Å². The molecule has 1 fully saturated rings. The zero-order valence-corrected chi connectivity index (χ0v) is 15.5. The molecule has 1 saturated heterocycles. The van der Waals surface area contributed by atoms with Crippen molar-refractivity contribution in [3.05, 3.63) is 70.5 Å². The van der Waals surface area contributed by atoms with E-state index in [0.29, 0.717) is 19.5 Å². The molecule has 3 rings (SSSR count). The van der Waals surface area contributed by atoms with E-state index in [9.17, 15) is 18.3 Å². The number of aliphatic hydroxyl groups excluding tert-OH is 1. The number of aryl methyl sites for hydroxylation is 1. The number of benzene rings is 2. The molecule has 0 saturated carbocycles. The highest BCUT2D eigenvalue weighted by atomic mass is 19.2. The van der Waals surface area contributed by atoms with E-state index in [4.69, 9.17) is 0 Å². The van der Waals surface area contributed by atoms with Gasteiger partial charge in [0.15, 0.2) is 11.6 Å². The zero-order chi connectivity index (χ0) is 19.4. The van der Waals surface area contributed by atoms with Gasteiger partial charge in [0.25, 0.3) is 0 Å². The number of rotatable bonds is 6. The molecule has 2 aromatic rings. The summed E-state index contributed by atoms with van der Waals surface area (Å²) in [5.74, 6) is -2.87. The molecule has 1 aliphatic heterocycles. The van der Waals surface area contributed by atoms with E-state index < -0.39 is 17.5 Å². The summed E-state index contributed by atoms with van der Waals surface area (Å²) in [4.78, 5) is 4.23. The van der Waals surface area contributed by atoms with Crippen LogP contribution in [-0.4, -0.2) is 47.2 Å². The van der Waals surface area contributed by atoms with Gasteiger partial charge in [-0.1, -0.05) is 24.3 Å². The third-order valence-corrected chi connectivity index (χ3v) is 5.31. The van der Waals surface area contributed by atoms with Gasteiger partial charge in [0.05, 0.1) is 0 Å². The fourth-order valence-electron chi connectivity index (χ4n) is 3.68. The summed E-state index contributed by atoms with van der Waals surface area (Å²) >= 11 is 0. The van der Waals surface area contributed by atoms with E-state index in [1.807, 2.05) is 17.0 Å². The molecular weight excluding hydrogens is 353 g/mol. The van der Waals surface area contributed by atoms with Gasteiger partial charge < -0.3 is 5.11 Å². The van der Waals surface area contributed by atoms with Crippen molar-refractivity contribution in [1.82, 2.24) is 9.80 Å². The average Bonchev–Trinajstić information content (AvgIpc) is 2.66. The van der Waals surface area contributed by atoms with Crippen LogP contribution in [0, 0.1) is 24.4 Å². The molecular formula is C21H25F3N2O. The van der Waals surface area contributed by atoms with E-state index >= 15 is 0 Å². The zero-order valence-electron chi connectivity index (χ0n) is 15.5. The topological polar surface area (TPSA) is 26.7 Å². The van der Waals surface area contributed by atoms with E-state index in [2.05, 4.69) is 24.0 Å². The summed E-state index contributed by atoms with van der Waals surface area (Å²) < 4.78 is 41.4. The lowest BCUT2D eigenvalue weighted by atomic mass is 10.0. The Morgan fingerprint density at radius 3 is 2.48 bits per heavy atom. The van der Waals surface area contributed by atoms with E-state index in [1.54, 1.807) is 0 Å². The van der Waals surface area contributed by atoms with Crippen LogP contribution in [-0.2, 0) is 13.1 Å². The summed E-state index contributed by atoms with van der Waals surface area (Å²) in [5.41, 5.74) is 2.22. The van der Waals surface area contributed by atoms with Crippen molar-refractivity contribution in [2.45, 2.75) is 32.5 Å². The van der Waals surface area contributed by atoms with Gasteiger partial charge in [-0.05, 0) is 36.6 Å². The average molecular weight is 378 g/mol. The van der Waals surface area contributed by atoms with Crippen molar-refractivity contribution in [3.63, 3.8) is 0 Å². The maximum absolute atomic E-state index is 14.0. The van der Waals surface area contributed by atoms with Crippen molar-refractivity contribution in [2.75, 3.05) is 26.2 Å². The molecule has 0 spiro atoms. The lowest BCUT2D eigenvalue weighted by Crippen LogP contribution is -2.52. The number of aliphatic hydroxyl groups is 1. The van der Waals surface area contributed by atoms with Gasteiger partial charge in [-0.2, -0.15) is 0 Å². The Kier molecular flexibility index (Phi) is 6.52. The quantitative estimate of drug-likeness (QED) is 0.780. The second kappa shape index (κ2) is 8.87. The Bertz CT molecular complexity index is 784. The van der Waals surface area contributed by atoms with Gasteiger partial charge in [-0.25, -0.2) is 13.2 Å². The van der Waals surface area contributed by atoms with Crippen LogP contribution in [0.3, 0.4) is 0 Å². The van der Waals surface area contributed by atoms with Crippen LogP contribution in [0.2, 0.25) is 0 Å². The maximum Gasteiger partial charge on any atom is 0.166 e. The second-order valence-electron chi connectivity index (χ2n) is 7.12. The smallest absolute Gasteiger partial charge is 0.166 e. The van der Waals surface area contributed by atoms with Crippen molar-refractivity contribution < 1.29 is 18.3 Å². The van der Waals surface area contributed by atoms with Crippen LogP contribution in [0.4, 0.5) is 13.2 Å². The predicted molar refractivity (Wildman–Crippen MR) is 98.7 cm³/mol. The van der Waals surface area contributed by atoms with E-state index in [0.717, 1.165) is 25.2 Å². The summed E-state index contributed by atoms with van der Waals surface area (Å²) in [6, 6.07) is 10.0. The fourth-order valence-corrected chi connectivity index (χ4v) is 3.68. The molecule has 27 heavy (non-hydrogen) atoms. The first-order valence-corrected chi connectivity index (χ1v) is 9.23. The van der Waals surface area contributed by atoms with Gasteiger partial charge >= 0.3 is 0 Å². The molecule has 0 bridgehead atoms. The minimum absolute atomic E-state index is 0.0234. The summed E-state index contributed by atoms with van der Waals surface area (Å²) in [6.45, 7) is 4.83. The molecule has 0 amide bonds. The number of piperazine rings is 1. The third-order valence-electron chi connectivity index (χ3n) is 5.31. The fraction of sp³-hybridized carbons (Fsp3) is 0.429. The number of hydrogen-bond donors (Lipinski definition) is 1. The standard InChI is InChI=1S/C21H25F3N2O/c1-15-4-2-3-5-16(15)12-26-10-9-25(13-17(26)8-11-27)14-18-19(22)6-7-20(23)21(18)24/h2-7,17,27H,8-14H2,1H3/t17-/m0/s1. The first-order valence-electron chi connectivity index (χ1n) is 9.23. The molecule has 2 aromatic carbocycles. The Morgan fingerprint density at radius 1 is 1.00 bits per heavy atom.